The highest BCUT2D eigenvalue weighted by Crippen LogP contribution is 2.29. The van der Waals surface area contributed by atoms with Gasteiger partial charge in [0.2, 0.25) is 11.8 Å². The Kier molecular flexibility index (Phi) is 4.68. The molecular weight excluding hydrogens is 354 g/mol. The minimum absolute atomic E-state index is 0.0177. The first-order valence-electron chi connectivity index (χ1n) is 10.2. The third kappa shape index (κ3) is 3.40. The third-order valence-corrected chi connectivity index (χ3v) is 6.36. The van der Waals surface area contributed by atoms with Gasteiger partial charge in [-0.2, -0.15) is 0 Å². The predicted molar refractivity (Wildman–Crippen MR) is 106 cm³/mol. The average Bonchev–Trinajstić information content (AvgIpc) is 3.26. The molecule has 0 saturated carbocycles. The number of piperazine rings is 1. The second-order valence-electron chi connectivity index (χ2n) is 9.34. The fraction of sp³-hybridized carbons (Fsp3) is 0.591. The Bertz CT molecular complexity index is 788. The minimum atomic E-state index is -0.279. The summed E-state index contributed by atoms with van der Waals surface area (Å²) in [6.45, 7) is 8.27. The van der Waals surface area contributed by atoms with Crippen molar-refractivity contribution < 1.29 is 14.4 Å². The average molecular weight is 383 g/mol. The van der Waals surface area contributed by atoms with Gasteiger partial charge >= 0.3 is 0 Å². The molecule has 6 nitrogen and oxygen atoms in total. The standard InChI is InChI=1S/C22H29N3O3/c1-22(2,3)16-6-4-14(5-7-16)20(27)24-10-8-15(9-11-24)21(28)25-13-17-12-18(25)19(26)23-17/h4-7,15,17-18H,8-13H2,1-3H3,(H,23,26)/t17-,18-/m0/s1. The van der Waals surface area contributed by atoms with Crippen molar-refractivity contribution in [2.24, 2.45) is 5.92 Å². The van der Waals surface area contributed by atoms with Gasteiger partial charge in [-0.25, -0.2) is 0 Å². The van der Waals surface area contributed by atoms with E-state index < -0.39 is 0 Å². The topological polar surface area (TPSA) is 69.7 Å². The zero-order valence-electron chi connectivity index (χ0n) is 16.9. The second-order valence-corrected chi connectivity index (χ2v) is 9.34. The number of fused-ring (bicyclic) bond motifs is 2. The summed E-state index contributed by atoms with van der Waals surface area (Å²) in [6.07, 6.45) is 2.08. The monoisotopic (exact) mass is 383 g/mol. The van der Waals surface area contributed by atoms with Gasteiger partial charge in [-0.3, -0.25) is 14.4 Å². The van der Waals surface area contributed by atoms with Gasteiger partial charge in [0.1, 0.15) is 6.04 Å². The Morgan fingerprint density at radius 2 is 1.71 bits per heavy atom. The maximum atomic E-state index is 12.9. The van der Waals surface area contributed by atoms with E-state index in [4.69, 9.17) is 0 Å². The van der Waals surface area contributed by atoms with E-state index in [-0.39, 0.29) is 41.1 Å². The van der Waals surface area contributed by atoms with E-state index in [0.717, 1.165) is 6.42 Å². The molecule has 1 aromatic carbocycles. The van der Waals surface area contributed by atoms with Crippen LogP contribution in [-0.4, -0.2) is 59.2 Å². The van der Waals surface area contributed by atoms with Gasteiger partial charge in [-0.15, -0.1) is 0 Å². The Labute approximate surface area is 166 Å². The van der Waals surface area contributed by atoms with Crippen LogP contribution < -0.4 is 5.32 Å². The van der Waals surface area contributed by atoms with E-state index in [2.05, 4.69) is 26.1 Å². The molecule has 1 N–H and O–H groups in total. The summed E-state index contributed by atoms with van der Waals surface area (Å²) in [7, 11) is 0. The van der Waals surface area contributed by atoms with Crippen LogP contribution in [0.4, 0.5) is 0 Å². The number of hydrogen-bond acceptors (Lipinski definition) is 3. The number of carbonyl (C=O) groups is 3. The van der Waals surface area contributed by atoms with Crippen LogP contribution in [0, 0.1) is 5.92 Å². The lowest BCUT2D eigenvalue weighted by molar-refractivity contribution is -0.143. The summed E-state index contributed by atoms with van der Waals surface area (Å²) in [6, 6.07) is 7.70. The molecule has 0 radical (unpaired) electrons. The SMILES string of the molecule is CC(C)(C)c1ccc(C(=O)N2CCC(C(=O)N3C[C@@H]4C[C@H]3C(=O)N4)CC2)cc1. The van der Waals surface area contributed by atoms with Crippen molar-refractivity contribution in [3.8, 4) is 0 Å². The smallest absolute Gasteiger partial charge is 0.253 e. The van der Waals surface area contributed by atoms with Crippen LogP contribution in [0.1, 0.15) is 56.0 Å². The molecule has 6 heteroatoms. The van der Waals surface area contributed by atoms with Crippen LogP contribution in [0.2, 0.25) is 0 Å². The number of carbonyl (C=O) groups excluding carboxylic acids is 3. The van der Waals surface area contributed by atoms with Crippen LogP contribution in [-0.2, 0) is 15.0 Å². The number of hydrogen-bond donors (Lipinski definition) is 1. The zero-order valence-corrected chi connectivity index (χ0v) is 16.9. The van der Waals surface area contributed by atoms with Crippen molar-refractivity contribution in [2.75, 3.05) is 19.6 Å². The number of nitrogens with one attached hydrogen (secondary N) is 1. The number of rotatable bonds is 2. The molecule has 0 aliphatic carbocycles. The fourth-order valence-corrected chi connectivity index (χ4v) is 4.59. The van der Waals surface area contributed by atoms with E-state index in [1.807, 2.05) is 29.2 Å². The van der Waals surface area contributed by atoms with Crippen molar-refractivity contribution >= 4 is 17.7 Å². The van der Waals surface area contributed by atoms with E-state index in [1.165, 1.54) is 5.56 Å². The van der Waals surface area contributed by atoms with Crippen LogP contribution in [0.15, 0.2) is 24.3 Å². The van der Waals surface area contributed by atoms with Crippen LogP contribution in [0.3, 0.4) is 0 Å². The molecule has 1 aromatic rings. The van der Waals surface area contributed by atoms with Crippen molar-refractivity contribution in [1.29, 1.82) is 0 Å². The molecular formula is C22H29N3O3. The molecule has 2 atom stereocenters. The van der Waals surface area contributed by atoms with Gasteiger partial charge < -0.3 is 15.1 Å². The molecule has 0 aromatic heterocycles. The highest BCUT2D eigenvalue weighted by molar-refractivity contribution is 5.95. The second kappa shape index (κ2) is 6.90. The molecule has 0 spiro atoms. The molecule has 0 unspecified atom stereocenters. The van der Waals surface area contributed by atoms with Gasteiger partial charge in [0.05, 0.1) is 0 Å². The number of piperidine rings is 1. The maximum Gasteiger partial charge on any atom is 0.253 e. The number of benzene rings is 1. The minimum Gasteiger partial charge on any atom is -0.350 e. The van der Waals surface area contributed by atoms with Gasteiger partial charge in [0.15, 0.2) is 0 Å². The Morgan fingerprint density at radius 3 is 2.25 bits per heavy atom. The van der Waals surface area contributed by atoms with Gasteiger partial charge in [-0.05, 0) is 42.4 Å². The summed E-state index contributed by atoms with van der Waals surface area (Å²) in [4.78, 5) is 41.1. The van der Waals surface area contributed by atoms with Crippen LogP contribution >= 0.6 is 0 Å². The van der Waals surface area contributed by atoms with Crippen LogP contribution in [0.5, 0.6) is 0 Å². The lowest BCUT2D eigenvalue weighted by Crippen LogP contribution is -2.53. The maximum absolute atomic E-state index is 12.9. The quantitative estimate of drug-likeness (QED) is 0.848. The number of amides is 3. The summed E-state index contributed by atoms with van der Waals surface area (Å²) in [5, 5.41) is 2.91. The molecule has 2 bridgehead atoms. The molecule has 3 saturated heterocycles. The molecule has 3 aliphatic rings. The number of likely N-dealkylation sites (tertiary alicyclic amines) is 2. The fourth-order valence-electron chi connectivity index (χ4n) is 4.59. The molecule has 150 valence electrons. The highest BCUT2D eigenvalue weighted by Gasteiger charge is 2.47. The van der Waals surface area contributed by atoms with Crippen molar-refractivity contribution in [2.45, 2.75) is 57.5 Å². The van der Waals surface area contributed by atoms with Gasteiger partial charge in [0, 0.05) is 37.2 Å². The first kappa shape index (κ1) is 19.0. The predicted octanol–water partition coefficient (Wildman–Crippen LogP) is 1.94. The lowest BCUT2D eigenvalue weighted by Gasteiger charge is -2.35. The molecule has 4 rings (SSSR count). The van der Waals surface area contributed by atoms with Gasteiger partial charge in [-0.1, -0.05) is 32.9 Å². The lowest BCUT2D eigenvalue weighted by atomic mass is 9.86. The first-order chi connectivity index (χ1) is 13.2. The highest BCUT2D eigenvalue weighted by atomic mass is 16.2. The normalized spacial score (nSPS) is 25.2. The first-order valence-corrected chi connectivity index (χ1v) is 10.2. The summed E-state index contributed by atoms with van der Waals surface area (Å²) < 4.78 is 0. The molecule has 3 amide bonds. The van der Waals surface area contributed by atoms with E-state index in [9.17, 15) is 14.4 Å². The van der Waals surface area contributed by atoms with Crippen LogP contribution in [0.25, 0.3) is 0 Å². The largest absolute Gasteiger partial charge is 0.350 e. The zero-order chi connectivity index (χ0) is 20.1. The van der Waals surface area contributed by atoms with Crippen molar-refractivity contribution in [3.05, 3.63) is 35.4 Å². The van der Waals surface area contributed by atoms with E-state index >= 15 is 0 Å². The summed E-state index contributed by atoms with van der Waals surface area (Å²) in [5.74, 6) is 0.0188. The van der Waals surface area contributed by atoms with Gasteiger partial charge in [0.25, 0.3) is 5.91 Å². The molecule has 3 fully saturated rings. The number of nitrogens with zero attached hydrogens (tertiary/aromatic N) is 2. The summed E-state index contributed by atoms with van der Waals surface area (Å²) >= 11 is 0. The third-order valence-electron chi connectivity index (χ3n) is 6.36. The Balaban J connectivity index is 1.34. The Morgan fingerprint density at radius 1 is 1.07 bits per heavy atom. The summed E-state index contributed by atoms with van der Waals surface area (Å²) in [5.41, 5.74) is 1.97. The van der Waals surface area contributed by atoms with E-state index in [0.29, 0.717) is 38.0 Å². The Hall–Kier alpha value is -2.37. The molecule has 3 heterocycles. The molecule has 28 heavy (non-hydrogen) atoms. The van der Waals surface area contributed by atoms with Crippen molar-refractivity contribution in [1.82, 2.24) is 15.1 Å². The van der Waals surface area contributed by atoms with E-state index in [1.54, 1.807) is 4.90 Å². The van der Waals surface area contributed by atoms with Crippen molar-refractivity contribution in [3.63, 3.8) is 0 Å². The molecule has 3 aliphatic heterocycles.